The molecule has 146 valence electrons. The molecule has 0 aliphatic heterocycles. The Morgan fingerprint density at radius 2 is 1.97 bits per heavy atom. The second kappa shape index (κ2) is 8.14. The predicted molar refractivity (Wildman–Crippen MR) is 116 cm³/mol. The smallest absolute Gasteiger partial charge is 0.270 e. The minimum Gasteiger partial charge on any atom is -0.361 e. The van der Waals surface area contributed by atoms with Crippen LogP contribution in [-0.2, 0) is 6.42 Å². The van der Waals surface area contributed by atoms with Gasteiger partial charge in [0.25, 0.3) is 5.91 Å². The van der Waals surface area contributed by atoms with E-state index in [1.165, 1.54) is 10.9 Å². The fourth-order valence-corrected chi connectivity index (χ4v) is 3.28. The van der Waals surface area contributed by atoms with Crippen molar-refractivity contribution in [3.05, 3.63) is 83.3 Å². The van der Waals surface area contributed by atoms with Gasteiger partial charge in [0.05, 0.1) is 0 Å². The minimum absolute atomic E-state index is 0.212. The number of aromatic amines is 1. The highest BCUT2D eigenvalue weighted by Gasteiger charge is 2.10. The highest BCUT2D eigenvalue weighted by atomic mass is 16.1. The summed E-state index contributed by atoms with van der Waals surface area (Å²) in [7, 11) is 0. The van der Waals surface area contributed by atoms with E-state index in [1.807, 2.05) is 50.4 Å². The lowest BCUT2D eigenvalue weighted by Crippen LogP contribution is -2.26. The molecule has 2 aromatic heterocycles. The van der Waals surface area contributed by atoms with Crippen LogP contribution in [0.5, 0.6) is 0 Å². The van der Waals surface area contributed by atoms with Gasteiger partial charge >= 0.3 is 0 Å². The molecule has 0 spiro atoms. The number of para-hydroxylation sites is 1. The Labute approximate surface area is 169 Å². The monoisotopic (exact) mass is 385 g/mol. The van der Waals surface area contributed by atoms with Crippen molar-refractivity contribution in [3.8, 4) is 0 Å². The zero-order valence-electron chi connectivity index (χ0n) is 16.5. The van der Waals surface area contributed by atoms with Crippen molar-refractivity contribution in [3.63, 3.8) is 0 Å². The topological polar surface area (TPSA) is 82.7 Å². The van der Waals surface area contributed by atoms with Crippen molar-refractivity contribution >= 4 is 28.4 Å². The van der Waals surface area contributed by atoms with Gasteiger partial charge < -0.3 is 15.6 Å². The third-order valence-electron chi connectivity index (χ3n) is 4.88. The molecule has 0 radical (unpaired) electrons. The highest BCUT2D eigenvalue weighted by molar-refractivity contribution is 5.92. The molecular formula is C23H23N5O. The molecular weight excluding hydrogens is 362 g/mol. The van der Waals surface area contributed by atoms with Gasteiger partial charge in [-0.2, -0.15) is 0 Å². The molecule has 0 atom stereocenters. The van der Waals surface area contributed by atoms with Crippen LogP contribution in [0.2, 0.25) is 0 Å². The summed E-state index contributed by atoms with van der Waals surface area (Å²) >= 11 is 0. The molecule has 29 heavy (non-hydrogen) atoms. The largest absolute Gasteiger partial charge is 0.361 e. The molecule has 2 heterocycles. The summed E-state index contributed by atoms with van der Waals surface area (Å²) in [5.74, 6) is 0.194. The Morgan fingerprint density at radius 3 is 2.86 bits per heavy atom. The Balaban J connectivity index is 1.40. The third kappa shape index (κ3) is 4.27. The fourth-order valence-electron chi connectivity index (χ4n) is 3.28. The first kappa shape index (κ1) is 18.7. The Hall–Kier alpha value is -3.67. The van der Waals surface area contributed by atoms with Gasteiger partial charge in [0.15, 0.2) is 0 Å². The number of H-pyrrole nitrogens is 1. The number of hydrogen-bond acceptors (Lipinski definition) is 4. The molecule has 0 saturated heterocycles. The van der Waals surface area contributed by atoms with Gasteiger partial charge in [-0.1, -0.05) is 30.3 Å². The summed E-state index contributed by atoms with van der Waals surface area (Å²) in [4.78, 5) is 24.4. The first-order valence-electron chi connectivity index (χ1n) is 9.60. The number of aromatic nitrogens is 3. The second-order valence-electron chi connectivity index (χ2n) is 7.07. The average Bonchev–Trinajstić information content (AvgIpc) is 3.14. The fraction of sp³-hybridized carbons (Fsp3) is 0.174. The van der Waals surface area contributed by atoms with E-state index >= 15 is 0 Å². The number of anilines is 2. The van der Waals surface area contributed by atoms with Crippen LogP contribution >= 0.6 is 0 Å². The zero-order chi connectivity index (χ0) is 20.2. The molecule has 3 N–H and O–H groups in total. The molecule has 0 fully saturated rings. The van der Waals surface area contributed by atoms with Crippen molar-refractivity contribution < 1.29 is 4.79 Å². The van der Waals surface area contributed by atoms with Gasteiger partial charge in [0, 0.05) is 35.5 Å². The van der Waals surface area contributed by atoms with Crippen molar-refractivity contribution in [2.24, 2.45) is 0 Å². The lowest BCUT2D eigenvalue weighted by molar-refractivity contribution is 0.0949. The molecule has 0 bridgehead atoms. The molecule has 1 amide bonds. The Bertz CT molecular complexity index is 1160. The van der Waals surface area contributed by atoms with E-state index in [1.54, 1.807) is 12.3 Å². The molecule has 0 saturated carbocycles. The second-order valence-corrected chi connectivity index (χ2v) is 7.07. The van der Waals surface area contributed by atoms with Crippen LogP contribution in [-0.4, -0.2) is 27.4 Å². The van der Waals surface area contributed by atoms with E-state index in [2.05, 4.69) is 37.7 Å². The maximum Gasteiger partial charge on any atom is 0.270 e. The van der Waals surface area contributed by atoms with E-state index in [0.717, 1.165) is 28.8 Å². The minimum atomic E-state index is -0.212. The third-order valence-corrected chi connectivity index (χ3v) is 4.88. The number of carbonyl (C=O) groups excluding carboxylic acids is 1. The number of nitrogens with one attached hydrogen (secondary N) is 3. The van der Waals surface area contributed by atoms with Crippen molar-refractivity contribution in [2.75, 3.05) is 11.9 Å². The summed E-state index contributed by atoms with van der Waals surface area (Å²) in [6, 6.07) is 15.9. The van der Waals surface area contributed by atoms with Gasteiger partial charge in [-0.25, -0.2) is 9.97 Å². The lowest BCUT2D eigenvalue weighted by atomic mass is 10.1. The first-order valence-corrected chi connectivity index (χ1v) is 9.60. The summed E-state index contributed by atoms with van der Waals surface area (Å²) in [5, 5.41) is 7.33. The van der Waals surface area contributed by atoms with E-state index < -0.39 is 0 Å². The van der Waals surface area contributed by atoms with Gasteiger partial charge in [-0.3, -0.25) is 4.79 Å². The maximum absolute atomic E-state index is 12.5. The van der Waals surface area contributed by atoms with Crippen LogP contribution in [0.4, 0.5) is 11.6 Å². The average molecular weight is 385 g/mol. The molecule has 0 unspecified atom stereocenters. The molecule has 0 aliphatic rings. The van der Waals surface area contributed by atoms with Crippen molar-refractivity contribution in [1.82, 2.24) is 20.3 Å². The lowest BCUT2D eigenvalue weighted by Gasteiger charge is -2.10. The summed E-state index contributed by atoms with van der Waals surface area (Å²) < 4.78 is 0. The molecule has 4 rings (SSSR count). The van der Waals surface area contributed by atoms with Crippen molar-refractivity contribution in [2.45, 2.75) is 20.3 Å². The molecule has 4 aromatic rings. The first-order chi connectivity index (χ1) is 14.1. The van der Waals surface area contributed by atoms with E-state index in [-0.39, 0.29) is 5.91 Å². The standard InChI is InChI=1S/C23H23N5O/c1-15-7-8-16(2)21(13-15)28-23-25-12-10-20(27-23)22(29)24-11-9-17-14-26-19-6-4-3-5-18(17)19/h3-8,10,12-14,26H,9,11H2,1-2H3,(H,24,29)(H,25,27,28). The number of nitrogens with zero attached hydrogens (tertiary/aromatic N) is 2. The number of hydrogen-bond donors (Lipinski definition) is 3. The van der Waals surface area contributed by atoms with Crippen molar-refractivity contribution in [1.29, 1.82) is 0 Å². The molecule has 0 aliphatic carbocycles. The summed E-state index contributed by atoms with van der Waals surface area (Å²) in [6.07, 6.45) is 4.33. The summed E-state index contributed by atoms with van der Waals surface area (Å²) in [6.45, 7) is 4.58. The summed E-state index contributed by atoms with van der Waals surface area (Å²) in [5.41, 5.74) is 5.79. The number of amides is 1. The predicted octanol–water partition coefficient (Wildman–Crippen LogP) is 4.29. The molecule has 2 aromatic carbocycles. The zero-order valence-corrected chi connectivity index (χ0v) is 16.5. The van der Waals surface area contributed by atoms with Crippen LogP contribution in [0.3, 0.4) is 0 Å². The Morgan fingerprint density at radius 1 is 1.10 bits per heavy atom. The number of fused-ring (bicyclic) bond motifs is 1. The van der Waals surface area contributed by atoms with E-state index in [4.69, 9.17) is 0 Å². The van der Waals surface area contributed by atoms with Gasteiger partial charge in [0.2, 0.25) is 5.95 Å². The molecule has 6 heteroatoms. The van der Waals surface area contributed by atoms with Crippen LogP contribution < -0.4 is 10.6 Å². The number of benzene rings is 2. The van der Waals surface area contributed by atoms with Crippen LogP contribution in [0.1, 0.15) is 27.2 Å². The maximum atomic E-state index is 12.5. The number of carbonyl (C=O) groups is 1. The van der Waals surface area contributed by atoms with Gasteiger partial charge in [-0.15, -0.1) is 0 Å². The van der Waals surface area contributed by atoms with E-state index in [0.29, 0.717) is 18.2 Å². The van der Waals surface area contributed by atoms with Crippen LogP contribution in [0.15, 0.2) is 60.9 Å². The van der Waals surface area contributed by atoms with Gasteiger partial charge in [0.1, 0.15) is 5.69 Å². The van der Waals surface area contributed by atoms with Crippen LogP contribution in [0, 0.1) is 13.8 Å². The number of rotatable bonds is 6. The number of aryl methyl sites for hydroxylation is 2. The highest BCUT2D eigenvalue weighted by Crippen LogP contribution is 2.20. The van der Waals surface area contributed by atoms with Gasteiger partial charge in [-0.05, 0) is 55.2 Å². The SMILES string of the molecule is Cc1ccc(C)c(Nc2nccc(C(=O)NCCc3c[nH]c4ccccc34)n2)c1. The normalized spacial score (nSPS) is 10.8. The molecule has 6 nitrogen and oxygen atoms in total. The van der Waals surface area contributed by atoms with Crippen LogP contribution in [0.25, 0.3) is 10.9 Å². The van der Waals surface area contributed by atoms with E-state index in [9.17, 15) is 4.79 Å². The quantitative estimate of drug-likeness (QED) is 0.462. The Kier molecular flexibility index (Phi) is 5.24.